The van der Waals surface area contributed by atoms with E-state index in [1.54, 1.807) is 18.2 Å². The van der Waals surface area contributed by atoms with Crippen LogP contribution in [0.1, 0.15) is 31.0 Å². The first-order chi connectivity index (χ1) is 18.0. The molecule has 3 aromatic rings. The van der Waals surface area contributed by atoms with E-state index in [0.29, 0.717) is 64.3 Å². The number of fused-ring (bicyclic) bond motifs is 2. The monoisotopic (exact) mass is 522 g/mol. The first kappa shape index (κ1) is 24.6. The molecule has 2 aromatic carbocycles. The Hall–Kier alpha value is -4.05. The van der Waals surface area contributed by atoms with Crippen LogP contribution in [0.2, 0.25) is 0 Å². The topological polar surface area (TPSA) is 97.6 Å². The molecule has 9 nitrogen and oxygen atoms in total. The van der Waals surface area contributed by atoms with Gasteiger partial charge in [-0.05, 0) is 55.3 Å². The number of carbonyl (C=O) groups excluding carboxylic acids is 1. The Morgan fingerprint density at radius 1 is 1.08 bits per heavy atom. The van der Waals surface area contributed by atoms with Crippen molar-refractivity contribution < 1.29 is 28.5 Å². The lowest BCUT2D eigenvalue weighted by atomic mass is 9.97. The predicted molar refractivity (Wildman–Crippen MR) is 137 cm³/mol. The standard InChI is InChI=1S/C27H26N2O7S/c1-4-33-19-9-7-17(14-22(19)34-5-2)24-18(26(31)32-3)15-28-27-29(24)25(30)23(37-27)13-16-6-8-20-21(12-16)36-11-10-35-20/h6-9,12-15,24H,4-5,10-11H2,1-3H3/b23-13+/t24-/m0/s1. The number of thiazole rings is 1. The Bertz CT molecular complexity index is 1550. The first-order valence-corrected chi connectivity index (χ1v) is 12.7. The summed E-state index contributed by atoms with van der Waals surface area (Å²) in [7, 11) is 1.30. The summed E-state index contributed by atoms with van der Waals surface area (Å²) in [6.07, 6.45) is 3.25. The summed E-state index contributed by atoms with van der Waals surface area (Å²) in [5.41, 5.74) is 1.43. The van der Waals surface area contributed by atoms with Gasteiger partial charge in [-0.15, -0.1) is 0 Å². The molecule has 1 atom stereocenters. The van der Waals surface area contributed by atoms with Gasteiger partial charge >= 0.3 is 5.97 Å². The van der Waals surface area contributed by atoms with Gasteiger partial charge in [-0.25, -0.2) is 9.79 Å². The number of rotatable bonds is 7. The maximum atomic E-state index is 13.7. The quantitative estimate of drug-likeness (QED) is 0.440. The number of esters is 1. The van der Waals surface area contributed by atoms with E-state index in [1.807, 2.05) is 38.1 Å². The number of benzene rings is 2. The number of aromatic nitrogens is 1. The smallest absolute Gasteiger partial charge is 0.337 e. The molecule has 1 aromatic heterocycles. The van der Waals surface area contributed by atoms with Crippen LogP contribution in [0.15, 0.2) is 58.0 Å². The van der Waals surface area contributed by atoms with Crippen LogP contribution in [-0.4, -0.2) is 44.1 Å². The lowest BCUT2D eigenvalue weighted by Gasteiger charge is -2.23. The minimum Gasteiger partial charge on any atom is -0.490 e. The van der Waals surface area contributed by atoms with Crippen LogP contribution in [0.3, 0.4) is 0 Å². The van der Waals surface area contributed by atoms with E-state index in [1.165, 1.54) is 29.2 Å². The van der Waals surface area contributed by atoms with E-state index in [2.05, 4.69) is 4.99 Å². The average Bonchev–Trinajstić information content (AvgIpc) is 3.23. The van der Waals surface area contributed by atoms with Gasteiger partial charge in [0.1, 0.15) is 13.2 Å². The Morgan fingerprint density at radius 2 is 1.84 bits per heavy atom. The van der Waals surface area contributed by atoms with Gasteiger partial charge in [-0.2, -0.15) is 0 Å². The fourth-order valence-electron chi connectivity index (χ4n) is 4.29. The van der Waals surface area contributed by atoms with E-state index in [4.69, 9.17) is 23.7 Å². The Labute approximate surface area is 216 Å². The Balaban J connectivity index is 1.64. The first-order valence-electron chi connectivity index (χ1n) is 11.9. The van der Waals surface area contributed by atoms with Crippen LogP contribution in [0.5, 0.6) is 23.0 Å². The van der Waals surface area contributed by atoms with E-state index in [9.17, 15) is 9.59 Å². The number of hydrogen-bond donors (Lipinski definition) is 0. The van der Waals surface area contributed by atoms with E-state index < -0.39 is 12.0 Å². The predicted octanol–water partition coefficient (Wildman–Crippen LogP) is 2.59. The van der Waals surface area contributed by atoms with Crippen LogP contribution in [0.4, 0.5) is 0 Å². The molecular formula is C27H26N2O7S. The summed E-state index contributed by atoms with van der Waals surface area (Å²) in [6.45, 7) is 5.65. The van der Waals surface area contributed by atoms with Crippen LogP contribution < -0.4 is 33.8 Å². The molecular weight excluding hydrogens is 496 g/mol. The molecule has 5 rings (SSSR count). The maximum Gasteiger partial charge on any atom is 0.337 e. The summed E-state index contributed by atoms with van der Waals surface area (Å²) >= 11 is 1.24. The second-order valence-electron chi connectivity index (χ2n) is 8.15. The SMILES string of the molecule is CCOc1ccc([C@H]2C(C(=O)OC)=CN=c3s/c(=C/c4ccc5c(c4)OCCO5)c(=O)n32)cc1OCC. The zero-order valence-corrected chi connectivity index (χ0v) is 21.5. The molecule has 3 heterocycles. The zero-order chi connectivity index (χ0) is 25.9. The van der Waals surface area contributed by atoms with Gasteiger partial charge in [-0.3, -0.25) is 9.36 Å². The fourth-order valence-corrected chi connectivity index (χ4v) is 5.26. The van der Waals surface area contributed by atoms with Crippen molar-refractivity contribution in [3.05, 3.63) is 79.0 Å². The molecule has 0 saturated heterocycles. The Morgan fingerprint density at radius 3 is 2.59 bits per heavy atom. The summed E-state index contributed by atoms with van der Waals surface area (Å²) in [5, 5.41) is 0. The van der Waals surface area contributed by atoms with Gasteiger partial charge in [0.2, 0.25) is 0 Å². The van der Waals surface area contributed by atoms with Gasteiger partial charge in [-0.1, -0.05) is 23.5 Å². The molecule has 2 aliphatic heterocycles. The number of methoxy groups -OCH3 is 1. The average molecular weight is 523 g/mol. The minimum atomic E-state index is -0.749. The number of hydrogen-bond acceptors (Lipinski definition) is 9. The number of carbonyl (C=O) groups is 1. The fraction of sp³-hybridized carbons (Fsp3) is 0.296. The molecule has 2 aliphatic rings. The normalized spacial score (nSPS) is 16.4. The van der Waals surface area contributed by atoms with Crippen LogP contribution in [0, 0.1) is 0 Å². The van der Waals surface area contributed by atoms with E-state index in [0.717, 1.165) is 5.56 Å². The van der Waals surface area contributed by atoms with Crippen molar-refractivity contribution in [2.75, 3.05) is 33.5 Å². The van der Waals surface area contributed by atoms with Gasteiger partial charge in [0.15, 0.2) is 27.8 Å². The molecule has 0 bridgehead atoms. The molecule has 0 fully saturated rings. The van der Waals surface area contributed by atoms with Crippen LogP contribution in [0.25, 0.3) is 6.08 Å². The molecule has 0 radical (unpaired) electrons. The van der Waals surface area contributed by atoms with E-state index in [-0.39, 0.29) is 11.1 Å². The largest absolute Gasteiger partial charge is 0.490 e. The highest BCUT2D eigenvalue weighted by atomic mass is 32.1. The highest BCUT2D eigenvalue weighted by Crippen LogP contribution is 2.35. The summed E-state index contributed by atoms with van der Waals surface area (Å²) in [5.74, 6) is 1.86. The third kappa shape index (κ3) is 4.72. The van der Waals surface area contributed by atoms with Crippen molar-refractivity contribution in [2.45, 2.75) is 19.9 Å². The van der Waals surface area contributed by atoms with Gasteiger partial charge in [0, 0.05) is 6.20 Å². The number of ether oxygens (including phenoxy) is 5. The van der Waals surface area contributed by atoms with Gasteiger partial charge in [0.05, 0.1) is 36.5 Å². The summed E-state index contributed by atoms with van der Waals surface area (Å²) < 4.78 is 29.8. The molecule has 0 aliphatic carbocycles. The second-order valence-corrected chi connectivity index (χ2v) is 9.16. The molecule has 0 spiro atoms. The van der Waals surface area contributed by atoms with Crippen molar-refractivity contribution in [2.24, 2.45) is 4.99 Å². The lowest BCUT2D eigenvalue weighted by Crippen LogP contribution is -2.39. The highest BCUT2D eigenvalue weighted by molar-refractivity contribution is 7.07. The minimum absolute atomic E-state index is 0.243. The molecule has 37 heavy (non-hydrogen) atoms. The molecule has 0 N–H and O–H groups in total. The van der Waals surface area contributed by atoms with Crippen molar-refractivity contribution in [1.29, 1.82) is 0 Å². The van der Waals surface area contributed by atoms with Crippen molar-refractivity contribution >= 4 is 23.4 Å². The van der Waals surface area contributed by atoms with Crippen molar-refractivity contribution in [3.8, 4) is 23.0 Å². The van der Waals surface area contributed by atoms with Crippen LogP contribution in [-0.2, 0) is 9.53 Å². The van der Waals surface area contributed by atoms with Crippen LogP contribution >= 0.6 is 11.3 Å². The third-order valence-electron chi connectivity index (χ3n) is 5.87. The second kappa shape index (κ2) is 10.5. The highest BCUT2D eigenvalue weighted by Gasteiger charge is 2.31. The van der Waals surface area contributed by atoms with E-state index >= 15 is 0 Å². The maximum absolute atomic E-state index is 13.7. The molecule has 10 heteroatoms. The lowest BCUT2D eigenvalue weighted by molar-refractivity contribution is -0.136. The third-order valence-corrected chi connectivity index (χ3v) is 6.87. The van der Waals surface area contributed by atoms with Crippen molar-refractivity contribution in [3.63, 3.8) is 0 Å². The Kier molecular flexibility index (Phi) is 7.00. The molecule has 0 saturated carbocycles. The number of nitrogens with zero attached hydrogens (tertiary/aromatic N) is 2. The molecule has 0 unspecified atom stereocenters. The molecule has 192 valence electrons. The summed E-state index contributed by atoms with van der Waals surface area (Å²) in [6, 6.07) is 10.2. The zero-order valence-electron chi connectivity index (χ0n) is 20.7. The van der Waals surface area contributed by atoms with Gasteiger partial charge < -0.3 is 23.7 Å². The van der Waals surface area contributed by atoms with Gasteiger partial charge in [0.25, 0.3) is 5.56 Å². The van der Waals surface area contributed by atoms with Crippen molar-refractivity contribution in [1.82, 2.24) is 4.57 Å². The molecule has 0 amide bonds. The summed E-state index contributed by atoms with van der Waals surface area (Å²) in [4.78, 5) is 31.3.